The summed E-state index contributed by atoms with van der Waals surface area (Å²) < 4.78 is 126. The summed E-state index contributed by atoms with van der Waals surface area (Å²) in [5.74, 6) is 3.42. The monoisotopic (exact) mass is 1880 g/mol. The van der Waals surface area contributed by atoms with E-state index in [1.807, 2.05) is 222 Å². The molecule has 0 amide bonds. The second-order valence-corrected chi connectivity index (χ2v) is 42.0. The minimum atomic E-state index is -3.30. The molecule has 134 heavy (non-hydrogen) atoms. The van der Waals surface area contributed by atoms with E-state index in [2.05, 4.69) is 102 Å². The summed E-state index contributed by atoms with van der Waals surface area (Å²) >= 11 is 0. The SMILES string of the molecule is CCS(=O)(=O)c1ccc(N(C)c2cc(N(Cc3ccc(OC)cc3)Cc3ccc(OC)cc3)c3ncn(C)c3c2)c(C)c1.CCS(=O)(=O)c1ccc(N(C)c2cc(N)c3ncn(C)c3c2)c(C)c1.COc1ccc(CN(Cc2ccc(OC)cc2)c2cc(N(C)c3ccc(S(C)(=O)=O)cc3C)cc3c2ncn3C)cc1.Cc1cc(S(C)(=O)=O)ccc1N(C)c1cc(N)c2ncn(C)c2c1. The highest BCUT2D eigenvalue weighted by Crippen LogP contribution is 2.42. The van der Waals surface area contributed by atoms with Gasteiger partial charge in [0, 0.05) is 141 Å². The molecule has 700 valence electrons. The molecule has 4 aromatic heterocycles. The topological polar surface area (TPSA) is 316 Å². The van der Waals surface area contributed by atoms with Crippen LogP contribution in [-0.2, 0) is 93.7 Å². The molecule has 0 atom stereocenters. The summed E-state index contributed by atoms with van der Waals surface area (Å²) in [6, 6.07) is 69.8. The Balaban J connectivity index is 0.000000156. The number of imidazole rings is 4. The molecule has 0 fully saturated rings. The highest BCUT2D eigenvalue weighted by atomic mass is 32.2. The first-order valence-electron chi connectivity index (χ1n) is 43.2. The molecule has 0 aliphatic rings. The van der Waals surface area contributed by atoms with Crippen LogP contribution in [0.1, 0.15) is 58.4 Å². The number of sulfone groups is 4. The molecule has 16 rings (SSSR count). The van der Waals surface area contributed by atoms with E-state index < -0.39 is 39.3 Å². The third-order valence-electron chi connectivity index (χ3n) is 24.1. The molecule has 0 aliphatic heterocycles. The van der Waals surface area contributed by atoms with Gasteiger partial charge in [-0.2, -0.15) is 0 Å². The van der Waals surface area contributed by atoms with Crippen molar-refractivity contribution in [3.05, 3.63) is 288 Å². The first-order valence-corrected chi connectivity index (χ1v) is 50.3. The first-order chi connectivity index (χ1) is 63.6. The number of anilines is 12. The Morgan fingerprint density at radius 2 is 0.522 bits per heavy atom. The lowest BCUT2D eigenvalue weighted by Crippen LogP contribution is -2.23. The third-order valence-corrected chi connectivity index (χ3v) is 29.8. The van der Waals surface area contributed by atoms with Gasteiger partial charge in [-0.05, 0) is 242 Å². The fourth-order valence-electron chi connectivity index (χ4n) is 16.1. The Kier molecular flexibility index (Phi) is 29.5. The lowest BCUT2D eigenvalue weighted by atomic mass is 10.1. The van der Waals surface area contributed by atoms with Crippen LogP contribution >= 0.6 is 0 Å². The Morgan fingerprint density at radius 1 is 0.299 bits per heavy atom. The van der Waals surface area contributed by atoms with Gasteiger partial charge in [0.1, 0.15) is 45.1 Å². The molecular weight excluding hydrogens is 1770 g/mol. The van der Waals surface area contributed by atoms with Crippen LogP contribution in [-0.4, -0.2) is 153 Å². The summed E-state index contributed by atoms with van der Waals surface area (Å²) in [6.45, 7) is 13.6. The van der Waals surface area contributed by atoms with Gasteiger partial charge < -0.3 is 78.1 Å². The van der Waals surface area contributed by atoms with Crippen molar-refractivity contribution in [1.29, 1.82) is 0 Å². The lowest BCUT2D eigenvalue weighted by Gasteiger charge is -2.29. The number of aryl methyl sites for hydroxylation is 8. The molecule has 4 N–H and O–H groups in total. The van der Waals surface area contributed by atoms with Crippen molar-refractivity contribution in [3.63, 3.8) is 0 Å². The van der Waals surface area contributed by atoms with Crippen molar-refractivity contribution < 1.29 is 52.6 Å². The number of aromatic nitrogens is 8. The third kappa shape index (κ3) is 21.8. The Hall–Kier alpha value is -14.1. The molecule has 0 aliphatic carbocycles. The maximum absolute atomic E-state index is 12.5. The Morgan fingerprint density at radius 3 is 0.754 bits per heavy atom. The van der Waals surface area contributed by atoms with Gasteiger partial charge >= 0.3 is 0 Å². The molecule has 16 aromatic rings. The first kappa shape index (κ1) is 97.4. The van der Waals surface area contributed by atoms with Gasteiger partial charge in [-0.1, -0.05) is 62.4 Å². The zero-order chi connectivity index (χ0) is 96.7. The van der Waals surface area contributed by atoms with Gasteiger partial charge in [0.05, 0.1) is 130 Å². The number of nitrogens with two attached hydrogens (primary N) is 2. The van der Waals surface area contributed by atoms with Gasteiger partial charge in [-0.25, -0.2) is 53.6 Å². The van der Waals surface area contributed by atoms with E-state index in [-0.39, 0.29) is 11.5 Å². The molecule has 28 nitrogen and oxygen atoms in total. The van der Waals surface area contributed by atoms with Crippen LogP contribution < -0.4 is 59.8 Å². The number of methoxy groups -OCH3 is 4. The number of nitrogens with zero attached hydrogens (tertiary/aromatic N) is 14. The Bertz CT molecular complexity index is 7380. The molecule has 0 bridgehead atoms. The summed E-state index contributed by atoms with van der Waals surface area (Å²) in [4.78, 5) is 32.4. The second kappa shape index (κ2) is 40.6. The van der Waals surface area contributed by atoms with E-state index in [1.165, 1.54) is 12.5 Å². The number of nitrogen functional groups attached to an aromatic ring is 2. The van der Waals surface area contributed by atoms with Crippen LogP contribution in [0, 0.1) is 27.7 Å². The average molecular weight is 1890 g/mol. The van der Waals surface area contributed by atoms with E-state index in [0.717, 1.165) is 169 Å². The molecule has 0 saturated carbocycles. The van der Waals surface area contributed by atoms with Crippen LogP contribution in [0.2, 0.25) is 0 Å². The van der Waals surface area contributed by atoms with Gasteiger partial charge in [0.15, 0.2) is 39.3 Å². The predicted molar refractivity (Wildman–Crippen MR) is 542 cm³/mol. The molecule has 4 heterocycles. The maximum Gasteiger partial charge on any atom is 0.178 e. The van der Waals surface area contributed by atoms with Crippen LogP contribution in [0.15, 0.2) is 263 Å². The highest BCUT2D eigenvalue weighted by Gasteiger charge is 2.26. The number of hydrogen-bond acceptors (Lipinski definition) is 24. The van der Waals surface area contributed by atoms with Crippen molar-refractivity contribution in [1.82, 2.24) is 38.2 Å². The molecule has 32 heteroatoms. The Labute approximate surface area is 785 Å². The summed E-state index contributed by atoms with van der Waals surface area (Å²) in [6.07, 6.45) is 9.59. The van der Waals surface area contributed by atoms with E-state index in [9.17, 15) is 33.7 Å². The largest absolute Gasteiger partial charge is 0.497 e. The van der Waals surface area contributed by atoms with Crippen LogP contribution in [0.3, 0.4) is 0 Å². The molecular formula is C102H116N16O12S4. The zero-order valence-corrected chi connectivity index (χ0v) is 82.6. The molecule has 0 unspecified atom stereocenters. The predicted octanol–water partition coefficient (Wildman–Crippen LogP) is 18.6. The van der Waals surface area contributed by atoms with Gasteiger partial charge in [-0.15, -0.1) is 0 Å². The maximum atomic E-state index is 12.5. The summed E-state index contributed by atoms with van der Waals surface area (Å²) in [5, 5.41) is 0. The normalized spacial score (nSPS) is 11.6. The minimum absolute atomic E-state index is 0.0698. The summed E-state index contributed by atoms with van der Waals surface area (Å²) in [5.41, 5.74) is 38.3. The summed E-state index contributed by atoms with van der Waals surface area (Å²) in [7, 11) is 9.37. The van der Waals surface area contributed by atoms with Gasteiger partial charge in [0.2, 0.25) is 0 Å². The smallest absolute Gasteiger partial charge is 0.178 e. The highest BCUT2D eigenvalue weighted by molar-refractivity contribution is 7.92. The van der Waals surface area contributed by atoms with Crippen molar-refractivity contribution in [2.24, 2.45) is 28.2 Å². The fourth-order valence-corrected chi connectivity index (χ4v) is 19.5. The van der Waals surface area contributed by atoms with E-state index in [1.54, 1.807) is 103 Å². The molecule has 0 radical (unpaired) electrons. The average Bonchev–Trinajstić information content (AvgIpc) is 1.55. The van der Waals surface area contributed by atoms with E-state index in [4.69, 9.17) is 40.4 Å². The van der Waals surface area contributed by atoms with Crippen molar-refractivity contribution >= 4 is 152 Å². The van der Waals surface area contributed by atoms with Gasteiger partial charge in [0.25, 0.3) is 0 Å². The number of benzene rings is 12. The van der Waals surface area contributed by atoms with Crippen molar-refractivity contribution in [2.75, 3.05) is 122 Å². The van der Waals surface area contributed by atoms with E-state index >= 15 is 0 Å². The molecule has 0 spiro atoms. The minimum Gasteiger partial charge on any atom is -0.497 e. The second-order valence-electron chi connectivity index (χ2n) is 33.4. The van der Waals surface area contributed by atoms with Crippen LogP contribution in [0.5, 0.6) is 23.0 Å². The van der Waals surface area contributed by atoms with Crippen LogP contribution in [0.4, 0.5) is 68.2 Å². The zero-order valence-electron chi connectivity index (χ0n) is 79.3. The van der Waals surface area contributed by atoms with Gasteiger partial charge in [-0.3, -0.25) is 0 Å². The van der Waals surface area contributed by atoms with Crippen molar-refractivity contribution in [3.8, 4) is 23.0 Å². The molecule has 12 aromatic carbocycles. The number of ether oxygens (including phenoxy) is 4. The number of hydrogen-bond donors (Lipinski definition) is 2. The number of rotatable bonds is 28. The van der Waals surface area contributed by atoms with E-state index in [0.29, 0.717) is 57.1 Å². The van der Waals surface area contributed by atoms with Crippen molar-refractivity contribution in [2.45, 2.75) is 87.3 Å². The number of fused-ring (bicyclic) bond motifs is 4. The molecule has 0 saturated heterocycles. The standard InChI is InChI=1S/C34H38N4O4S.C33H36N4O4S.C18H22N4O2S.C17H20N4O2S/c1-7-43(39,40)30-16-17-31(24(2)18-30)37(4)27-19-32-34(35-23-36(32)3)33(20-27)38(21-25-8-12-28(41-5)13-9-25)22-26-10-14-29(42-6)15-11-26;1-23-17-29(42(6,38)39)15-16-30(23)36(3)26-18-31-33(34-22-35(31)2)32(19-26)37(20-24-7-11-27(40-4)12-8-24)21-25-9-13-28(41-5)14-10-25;1-5-25(23,24)14-6-7-16(12(2)8-14)22(4)13-9-15(19)18-17(10-13)21(3)11-20-18;1-11-7-13(24(4,22)23)5-6-15(11)21(3)12-8-14(18)17-16(9-12)20(2)10-19-17/h8-20,23H,7,21-22H2,1-6H3;7-19,22H,20-21H2,1-6H3;6-11H,5,19H2,1-4H3;5-10H,18H2,1-4H3. The quantitative estimate of drug-likeness (QED) is 0.0430. The van der Waals surface area contributed by atoms with Crippen LogP contribution in [0.25, 0.3) is 44.1 Å². The fraction of sp³-hybridized carbons (Fsp3) is 0.255. The lowest BCUT2D eigenvalue weighted by molar-refractivity contribution is 0.414.